The predicted octanol–water partition coefficient (Wildman–Crippen LogP) is 2.66. The average molecular weight is 294 g/mol. The van der Waals surface area contributed by atoms with Crippen molar-refractivity contribution < 1.29 is 14.3 Å². The maximum Gasteiger partial charge on any atom is 0.265 e. The van der Waals surface area contributed by atoms with Crippen LogP contribution in [0.3, 0.4) is 0 Å². The van der Waals surface area contributed by atoms with Crippen LogP contribution < -0.4 is 16.0 Å². The Morgan fingerprint density at radius 3 is 2.71 bits per heavy atom. The van der Waals surface area contributed by atoms with Crippen LogP contribution >= 0.6 is 0 Å². The minimum absolute atomic E-state index is 0.330. The zero-order chi connectivity index (χ0) is 15.3. The first-order chi connectivity index (χ1) is 10.3. The second kappa shape index (κ2) is 11.1. The van der Waals surface area contributed by atoms with E-state index in [1.165, 1.54) is 25.7 Å². The van der Waals surface area contributed by atoms with Gasteiger partial charge in [0.05, 0.1) is 6.61 Å². The summed E-state index contributed by atoms with van der Waals surface area (Å²) in [4.78, 5) is 11.4. The van der Waals surface area contributed by atoms with E-state index in [9.17, 15) is 4.79 Å². The number of nitrogens with one attached hydrogen (secondary N) is 1. The van der Waals surface area contributed by atoms with E-state index in [4.69, 9.17) is 15.3 Å². The first kappa shape index (κ1) is 17.5. The van der Waals surface area contributed by atoms with Crippen molar-refractivity contribution in [2.45, 2.75) is 39.0 Å². The molecule has 0 aliphatic rings. The molecule has 0 atom stereocenters. The molecule has 0 aliphatic heterocycles. The van der Waals surface area contributed by atoms with Gasteiger partial charge >= 0.3 is 0 Å². The first-order valence-corrected chi connectivity index (χ1v) is 7.59. The summed E-state index contributed by atoms with van der Waals surface area (Å²) in [6.07, 6.45) is 6.18. The van der Waals surface area contributed by atoms with Crippen molar-refractivity contribution in [2.75, 3.05) is 19.8 Å². The standard InChI is InChI=1S/C16H26N2O3/c1-2-3-4-5-6-10-20-11-12-21-15-9-7-8-14(13-15)16(19)18-17/h7-9,13H,2-6,10-12,17H2,1H3,(H,18,19). The normalized spacial score (nSPS) is 10.4. The molecule has 21 heavy (non-hydrogen) atoms. The van der Waals surface area contributed by atoms with Crippen molar-refractivity contribution >= 4 is 5.91 Å². The molecule has 5 heteroatoms. The number of hydrogen-bond acceptors (Lipinski definition) is 4. The van der Waals surface area contributed by atoms with Gasteiger partial charge in [-0.05, 0) is 24.6 Å². The van der Waals surface area contributed by atoms with Crippen LogP contribution in [0.4, 0.5) is 0 Å². The van der Waals surface area contributed by atoms with Crippen molar-refractivity contribution in [1.29, 1.82) is 0 Å². The van der Waals surface area contributed by atoms with Crippen molar-refractivity contribution in [2.24, 2.45) is 5.84 Å². The van der Waals surface area contributed by atoms with Gasteiger partial charge < -0.3 is 9.47 Å². The summed E-state index contributed by atoms with van der Waals surface area (Å²) in [7, 11) is 0. The van der Waals surface area contributed by atoms with Crippen LogP contribution in [-0.4, -0.2) is 25.7 Å². The summed E-state index contributed by atoms with van der Waals surface area (Å²) in [6.45, 7) is 4.02. The number of amides is 1. The van der Waals surface area contributed by atoms with Gasteiger partial charge in [-0.15, -0.1) is 0 Å². The smallest absolute Gasteiger partial charge is 0.265 e. The lowest BCUT2D eigenvalue weighted by molar-refractivity contribution is 0.0947. The lowest BCUT2D eigenvalue weighted by Crippen LogP contribution is -2.29. The molecule has 0 spiro atoms. The Morgan fingerprint density at radius 2 is 1.95 bits per heavy atom. The average Bonchev–Trinajstić information content (AvgIpc) is 2.53. The minimum Gasteiger partial charge on any atom is -0.491 e. The number of unbranched alkanes of at least 4 members (excludes halogenated alkanes) is 4. The van der Waals surface area contributed by atoms with E-state index in [1.54, 1.807) is 24.3 Å². The molecule has 1 aromatic rings. The molecule has 0 saturated heterocycles. The lowest BCUT2D eigenvalue weighted by Gasteiger charge is -2.08. The van der Waals surface area contributed by atoms with Crippen LogP contribution in [0.2, 0.25) is 0 Å². The molecule has 3 N–H and O–H groups in total. The SMILES string of the molecule is CCCCCCCOCCOc1cccc(C(=O)NN)c1. The van der Waals surface area contributed by atoms with Crippen LogP contribution in [0, 0.1) is 0 Å². The molecule has 0 heterocycles. The van der Waals surface area contributed by atoms with Gasteiger partial charge in [0, 0.05) is 12.2 Å². The van der Waals surface area contributed by atoms with Crippen molar-refractivity contribution in [3.63, 3.8) is 0 Å². The fourth-order valence-corrected chi connectivity index (χ4v) is 1.94. The molecule has 1 amide bonds. The van der Waals surface area contributed by atoms with Gasteiger partial charge in [0.2, 0.25) is 0 Å². The summed E-state index contributed by atoms with van der Waals surface area (Å²) < 4.78 is 11.1. The van der Waals surface area contributed by atoms with Crippen LogP contribution in [0.5, 0.6) is 5.75 Å². The van der Waals surface area contributed by atoms with Crippen molar-refractivity contribution in [1.82, 2.24) is 5.43 Å². The highest BCUT2D eigenvalue weighted by molar-refractivity contribution is 5.94. The van der Waals surface area contributed by atoms with Gasteiger partial charge in [-0.3, -0.25) is 10.2 Å². The van der Waals surface area contributed by atoms with E-state index in [1.807, 2.05) is 0 Å². The Morgan fingerprint density at radius 1 is 1.14 bits per heavy atom. The van der Waals surface area contributed by atoms with Gasteiger partial charge in [-0.2, -0.15) is 0 Å². The van der Waals surface area contributed by atoms with Crippen LogP contribution in [0.15, 0.2) is 24.3 Å². The second-order valence-electron chi connectivity index (χ2n) is 4.88. The Hall–Kier alpha value is -1.59. The van der Waals surface area contributed by atoms with E-state index in [2.05, 4.69) is 12.3 Å². The highest BCUT2D eigenvalue weighted by Crippen LogP contribution is 2.13. The topological polar surface area (TPSA) is 73.6 Å². The maximum atomic E-state index is 11.4. The third-order valence-corrected chi connectivity index (χ3v) is 3.12. The molecule has 0 aliphatic carbocycles. The van der Waals surface area contributed by atoms with Crippen molar-refractivity contribution in [3.8, 4) is 5.75 Å². The Bertz CT molecular complexity index is 410. The van der Waals surface area contributed by atoms with E-state index in [0.29, 0.717) is 24.5 Å². The number of nitrogens with two attached hydrogens (primary N) is 1. The van der Waals surface area contributed by atoms with Gasteiger partial charge in [0.1, 0.15) is 12.4 Å². The molecule has 1 rings (SSSR count). The monoisotopic (exact) mass is 294 g/mol. The zero-order valence-electron chi connectivity index (χ0n) is 12.8. The summed E-state index contributed by atoms with van der Waals surface area (Å²) in [5.41, 5.74) is 2.57. The molecule has 0 saturated carbocycles. The molecular weight excluding hydrogens is 268 g/mol. The maximum absolute atomic E-state index is 11.4. The number of nitrogen functional groups attached to an aromatic ring is 1. The largest absolute Gasteiger partial charge is 0.491 e. The van der Waals surface area contributed by atoms with E-state index >= 15 is 0 Å². The molecule has 5 nitrogen and oxygen atoms in total. The Balaban J connectivity index is 2.11. The number of hydrazine groups is 1. The molecule has 0 radical (unpaired) electrons. The van der Waals surface area contributed by atoms with E-state index < -0.39 is 0 Å². The fourth-order valence-electron chi connectivity index (χ4n) is 1.94. The quantitative estimate of drug-likeness (QED) is 0.285. The van der Waals surface area contributed by atoms with Crippen LogP contribution in [0.1, 0.15) is 49.4 Å². The summed E-state index contributed by atoms with van der Waals surface area (Å²) >= 11 is 0. The number of hydrogen-bond donors (Lipinski definition) is 2. The number of ether oxygens (including phenoxy) is 2. The van der Waals surface area contributed by atoms with Crippen LogP contribution in [-0.2, 0) is 4.74 Å². The number of carbonyl (C=O) groups is 1. The molecule has 118 valence electrons. The number of rotatable bonds is 11. The number of carbonyl (C=O) groups excluding carboxylic acids is 1. The van der Waals surface area contributed by atoms with E-state index in [0.717, 1.165) is 13.0 Å². The van der Waals surface area contributed by atoms with Gasteiger partial charge in [0.25, 0.3) is 5.91 Å². The highest BCUT2D eigenvalue weighted by Gasteiger charge is 2.04. The molecule has 0 aromatic heterocycles. The highest BCUT2D eigenvalue weighted by atomic mass is 16.5. The van der Waals surface area contributed by atoms with E-state index in [-0.39, 0.29) is 5.91 Å². The Kier molecular flexibility index (Phi) is 9.24. The van der Waals surface area contributed by atoms with Gasteiger partial charge in [0.15, 0.2) is 0 Å². The molecule has 0 bridgehead atoms. The fraction of sp³-hybridized carbons (Fsp3) is 0.562. The third kappa shape index (κ3) is 7.68. The minimum atomic E-state index is -0.330. The zero-order valence-corrected chi connectivity index (χ0v) is 12.8. The van der Waals surface area contributed by atoms with Gasteiger partial charge in [-0.1, -0.05) is 38.7 Å². The Labute approximate surface area is 126 Å². The summed E-state index contributed by atoms with van der Waals surface area (Å²) in [6, 6.07) is 6.90. The first-order valence-electron chi connectivity index (χ1n) is 7.59. The number of benzene rings is 1. The van der Waals surface area contributed by atoms with Gasteiger partial charge in [-0.25, -0.2) is 5.84 Å². The van der Waals surface area contributed by atoms with Crippen LogP contribution in [0.25, 0.3) is 0 Å². The molecular formula is C16H26N2O3. The molecule has 0 fully saturated rings. The lowest BCUT2D eigenvalue weighted by atomic mass is 10.2. The predicted molar refractivity (Wildman–Crippen MR) is 83.2 cm³/mol. The third-order valence-electron chi connectivity index (χ3n) is 3.12. The summed E-state index contributed by atoms with van der Waals surface area (Å²) in [5, 5.41) is 0. The molecule has 0 unspecified atom stereocenters. The second-order valence-corrected chi connectivity index (χ2v) is 4.88. The molecule has 1 aromatic carbocycles. The van der Waals surface area contributed by atoms with Crippen molar-refractivity contribution in [3.05, 3.63) is 29.8 Å². The summed E-state index contributed by atoms with van der Waals surface area (Å²) in [5.74, 6) is 5.40.